The summed E-state index contributed by atoms with van der Waals surface area (Å²) in [5.74, 6) is -5.07. The summed E-state index contributed by atoms with van der Waals surface area (Å²) in [7, 11) is 0. The van der Waals surface area contributed by atoms with E-state index in [9.17, 15) is 23.2 Å². The Kier molecular flexibility index (Phi) is 8.81. The quantitative estimate of drug-likeness (QED) is 0.569. The molecule has 1 atom stereocenters. The van der Waals surface area contributed by atoms with Crippen molar-refractivity contribution in [3.63, 3.8) is 0 Å². The number of alkyl halides is 2. The average Bonchev–Trinajstić information content (AvgIpc) is 2.58. The first-order valence-electron chi connectivity index (χ1n) is 8.93. The number of carbonyl (C=O) groups is 3. The molecule has 1 aromatic rings. The van der Waals surface area contributed by atoms with Gasteiger partial charge in [-0.05, 0) is 26.3 Å². The third kappa shape index (κ3) is 10.9. The van der Waals surface area contributed by atoms with E-state index in [-0.39, 0.29) is 6.61 Å². The number of aliphatic carboxylic acids is 1. The first kappa shape index (κ1) is 24.1. The van der Waals surface area contributed by atoms with Crippen molar-refractivity contribution in [2.75, 3.05) is 6.54 Å². The molecule has 3 N–H and O–H groups in total. The van der Waals surface area contributed by atoms with Crippen LogP contribution in [0.4, 0.5) is 18.4 Å². The van der Waals surface area contributed by atoms with Crippen LogP contribution in [-0.4, -0.2) is 47.4 Å². The van der Waals surface area contributed by atoms with E-state index in [1.165, 1.54) is 0 Å². The van der Waals surface area contributed by atoms with Crippen LogP contribution < -0.4 is 10.6 Å². The van der Waals surface area contributed by atoms with E-state index >= 15 is 0 Å². The van der Waals surface area contributed by atoms with Crippen LogP contribution in [0.1, 0.15) is 39.2 Å². The van der Waals surface area contributed by atoms with Crippen molar-refractivity contribution in [1.82, 2.24) is 10.6 Å². The molecule has 29 heavy (non-hydrogen) atoms. The Balaban J connectivity index is 2.43. The predicted molar refractivity (Wildman–Crippen MR) is 99.6 cm³/mol. The molecule has 162 valence electrons. The van der Waals surface area contributed by atoms with E-state index in [0.717, 1.165) is 5.56 Å². The summed E-state index contributed by atoms with van der Waals surface area (Å²) < 4.78 is 37.9. The van der Waals surface area contributed by atoms with E-state index in [1.807, 2.05) is 5.32 Å². The van der Waals surface area contributed by atoms with Gasteiger partial charge in [0.15, 0.2) is 0 Å². The molecule has 2 amide bonds. The zero-order valence-corrected chi connectivity index (χ0v) is 16.5. The molecule has 1 aromatic carbocycles. The van der Waals surface area contributed by atoms with Crippen LogP contribution in [0.3, 0.4) is 0 Å². The van der Waals surface area contributed by atoms with Crippen LogP contribution in [0, 0.1) is 0 Å². The summed E-state index contributed by atoms with van der Waals surface area (Å²) >= 11 is 0. The summed E-state index contributed by atoms with van der Waals surface area (Å²) in [6, 6.07) is 6.97. The van der Waals surface area contributed by atoms with Crippen LogP contribution in [0.5, 0.6) is 0 Å². The second-order valence-corrected chi connectivity index (χ2v) is 7.34. The first-order chi connectivity index (χ1) is 13.4. The lowest BCUT2D eigenvalue weighted by atomic mass is 10.1. The summed E-state index contributed by atoms with van der Waals surface area (Å²) in [4.78, 5) is 34.4. The van der Waals surface area contributed by atoms with E-state index in [4.69, 9.17) is 14.6 Å². The summed E-state index contributed by atoms with van der Waals surface area (Å²) in [5.41, 5.74) is -0.162. The summed E-state index contributed by atoms with van der Waals surface area (Å²) in [6.45, 7) is 4.22. The molecule has 0 spiro atoms. The molecule has 0 aromatic heterocycles. The van der Waals surface area contributed by atoms with Gasteiger partial charge >= 0.3 is 18.2 Å². The van der Waals surface area contributed by atoms with E-state index in [1.54, 1.807) is 51.1 Å². The second kappa shape index (κ2) is 10.6. The lowest BCUT2D eigenvalue weighted by Gasteiger charge is -2.24. The van der Waals surface area contributed by atoms with Gasteiger partial charge < -0.3 is 25.2 Å². The van der Waals surface area contributed by atoms with Gasteiger partial charge in [-0.3, -0.25) is 0 Å². The number of carbonyl (C=O) groups excluding carboxylic acids is 2. The molecular weight excluding hydrogens is 390 g/mol. The van der Waals surface area contributed by atoms with Gasteiger partial charge in [-0.1, -0.05) is 30.3 Å². The van der Waals surface area contributed by atoms with Crippen LogP contribution in [-0.2, 0) is 20.9 Å². The highest BCUT2D eigenvalue weighted by atomic mass is 19.3. The minimum Gasteiger partial charge on any atom is -0.480 e. The topological polar surface area (TPSA) is 114 Å². The number of benzene rings is 1. The molecule has 0 aliphatic heterocycles. The maximum Gasteiger partial charge on any atom is 0.408 e. The number of rotatable bonds is 9. The van der Waals surface area contributed by atoms with Gasteiger partial charge in [0.2, 0.25) is 0 Å². The molecule has 0 aliphatic carbocycles. The average molecular weight is 416 g/mol. The van der Waals surface area contributed by atoms with Crippen molar-refractivity contribution >= 4 is 18.2 Å². The smallest absolute Gasteiger partial charge is 0.408 e. The van der Waals surface area contributed by atoms with Crippen LogP contribution in [0.25, 0.3) is 0 Å². The largest absolute Gasteiger partial charge is 0.480 e. The normalized spacial score (nSPS) is 12.6. The van der Waals surface area contributed by atoms with Crippen molar-refractivity contribution in [3.05, 3.63) is 35.9 Å². The fourth-order valence-corrected chi connectivity index (χ4v) is 2.17. The summed E-state index contributed by atoms with van der Waals surface area (Å²) in [5, 5.41) is 13.2. The van der Waals surface area contributed by atoms with Gasteiger partial charge in [-0.15, -0.1) is 0 Å². The Morgan fingerprint density at radius 3 is 2.28 bits per heavy atom. The molecule has 8 nitrogen and oxygen atoms in total. The lowest BCUT2D eigenvalue weighted by molar-refractivity contribution is -0.142. The molecule has 0 saturated carbocycles. The fourth-order valence-electron chi connectivity index (χ4n) is 2.17. The van der Waals surface area contributed by atoms with Gasteiger partial charge in [-0.2, -0.15) is 0 Å². The van der Waals surface area contributed by atoms with Crippen LogP contribution in [0.2, 0.25) is 0 Å². The van der Waals surface area contributed by atoms with Crippen molar-refractivity contribution < 1.29 is 37.7 Å². The number of nitrogens with one attached hydrogen (secondary N) is 2. The van der Waals surface area contributed by atoms with Crippen molar-refractivity contribution in [1.29, 1.82) is 0 Å². The Morgan fingerprint density at radius 2 is 1.72 bits per heavy atom. The monoisotopic (exact) mass is 416 g/mol. The third-order valence-corrected chi connectivity index (χ3v) is 3.46. The number of hydrogen-bond acceptors (Lipinski definition) is 5. The second-order valence-electron chi connectivity index (χ2n) is 7.34. The molecule has 10 heteroatoms. The van der Waals surface area contributed by atoms with E-state index < -0.39 is 55.1 Å². The van der Waals surface area contributed by atoms with Gasteiger partial charge in [0.1, 0.15) is 18.2 Å². The highest BCUT2D eigenvalue weighted by Gasteiger charge is 2.37. The fraction of sp³-hybridized carbons (Fsp3) is 0.526. The molecule has 1 rings (SSSR count). The number of amides is 2. The molecule has 0 unspecified atom stereocenters. The van der Waals surface area contributed by atoms with Gasteiger partial charge in [0.25, 0.3) is 5.92 Å². The van der Waals surface area contributed by atoms with Gasteiger partial charge in [0.05, 0.1) is 0 Å². The molecule has 0 saturated heterocycles. The highest BCUT2D eigenvalue weighted by Crippen LogP contribution is 2.24. The first-order valence-corrected chi connectivity index (χ1v) is 8.93. The third-order valence-electron chi connectivity index (χ3n) is 3.46. The molecule has 0 fully saturated rings. The number of alkyl carbamates (subject to hydrolysis) is 2. The molecule has 0 radical (unpaired) electrons. The number of halogens is 2. The molecule has 0 heterocycles. The highest BCUT2D eigenvalue weighted by molar-refractivity contribution is 5.80. The van der Waals surface area contributed by atoms with Crippen molar-refractivity contribution in [3.8, 4) is 0 Å². The minimum atomic E-state index is -3.45. The van der Waals surface area contributed by atoms with Crippen LogP contribution in [0.15, 0.2) is 30.3 Å². The molecular formula is C19H26F2N2O6. The zero-order chi connectivity index (χ0) is 22.1. The van der Waals surface area contributed by atoms with Gasteiger partial charge in [-0.25, -0.2) is 23.2 Å². The Bertz CT molecular complexity index is 692. The SMILES string of the molecule is CC(C)(C)OC(=O)N[C@@H](CC(F)(F)CCNC(=O)OCc1ccccc1)C(=O)O. The predicted octanol–water partition coefficient (Wildman–Crippen LogP) is 3.31. The van der Waals surface area contributed by atoms with Gasteiger partial charge in [0, 0.05) is 19.4 Å². The number of carboxylic acid groups (broad SMARTS) is 1. The molecule has 0 aliphatic rings. The zero-order valence-electron chi connectivity index (χ0n) is 16.5. The molecule has 0 bridgehead atoms. The standard InChI is InChI=1S/C19H26F2N2O6/c1-18(2,3)29-17(27)23-14(15(24)25)11-19(20,21)9-10-22-16(26)28-12-13-7-5-4-6-8-13/h4-8,14H,9-12H2,1-3H3,(H,22,26)(H,23,27)(H,24,25)/t14-/m0/s1. The summed E-state index contributed by atoms with van der Waals surface area (Å²) in [6.07, 6.45) is -3.95. The Morgan fingerprint density at radius 1 is 1.10 bits per heavy atom. The lowest BCUT2D eigenvalue weighted by Crippen LogP contribution is -2.46. The van der Waals surface area contributed by atoms with Crippen LogP contribution >= 0.6 is 0 Å². The maximum atomic E-state index is 14.1. The van der Waals surface area contributed by atoms with E-state index in [2.05, 4.69) is 5.32 Å². The van der Waals surface area contributed by atoms with Crippen molar-refractivity contribution in [2.24, 2.45) is 0 Å². The number of ether oxygens (including phenoxy) is 2. The Hall–Kier alpha value is -2.91. The number of hydrogen-bond donors (Lipinski definition) is 3. The van der Waals surface area contributed by atoms with E-state index in [0.29, 0.717) is 0 Å². The number of carboxylic acids is 1. The Labute approximate surface area is 167 Å². The van der Waals surface area contributed by atoms with Crippen molar-refractivity contribution in [2.45, 2.75) is 57.8 Å². The minimum absolute atomic E-state index is 0.00996. The maximum absolute atomic E-state index is 14.1.